The van der Waals surface area contributed by atoms with Crippen LogP contribution in [-0.4, -0.2) is 31.2 Å². The van der Waals surface area contributed by atoms with E-state index in [1.54, 1.807) is 0 Å². The largest absolute Gasteiger partial charge is 0.367 e. The van der Waals surface area contributed by atoms with E-state index in [1.807, 2.05) is 30.3 Å². The summed E-state index contributed by atoms with van der Waals surface area (Å²) in [6, 6.07) is 9.78. The molecule has 1 aromatic rings. The molecule has 0 spiro atoms. The lowest BCUT2D eigenvalue weighted by molar-refractivity contribution is -0.147. The number of nitrogens with two attached hydrogens (primary N) is 1. The zero-order chi connectivity index (χ0) is 11.4. The van der Waals surface area contributed by atoms with Crippen molar-refractivity contribution < 1.29 is 9.53 Å². The number of morpholine rings is 1. The van der Waals surface area contributed by atoms with Crippen molar-refractivity contribution in [3.05, 3.63) is 35.9 Å². The van der Waals surface area contributed by atoms with Crippen molar-refractivity contribution in [2.75, 3.05) is 19.7 Å². The zero-order valence-corrected chi connectivity index (χ0v) is 9.11. The molecular weight excluding hydrogens is 204 g/mol. The molecule has 0 radical (unpaired) electrons. The molecule has 1 atom stereocenters. The van der Waals surface area contributed by atoms with Gasteiger partial charge in [0.1, 0.15) is 0 Å². The average molecular weight is 220 g/mol. The van der Waals surface area contributed by atoms with Crippen molar-refractivity contribution in [1.82, 2.24) is 5.32 Å². The molecule has 1 aliphatic heterocycles. The summed E-state index contributed by atoms with van der Waals surface area (Å²) < 4.78 is 5.59. The summed E-state index contributed by atoms with van der Waals surface area (Å²) in [5.74, 6) is -0.399. The third-order valence-corrected chi connectivity index (χ3v) is 2.85. The molecule has 1 saturated heterocycles. The number of amides is 1. The maximum absolute atomic E-state index is 11.5. The number of benzene rings is 1. The van der Waals surface area contributed by atoms with Gasteiger partial charge in [-0.3, -0.25) is 4.79 Å². The Morgan fingerprint density at radius 2 is 2.19 bits per heavy atom. The van der Waals surface area contributed by atoms with E-state index >= 15 is 0 Å². The number of hydrogen-bond donors (Lipinski definition) is 2. The van der Waals surface area contributed by atoms with Crippen molar-refractivity contribution in [2.45, 2.75) is 12.0 Å². The molecule has 0 bridgehead atoms. The van der Waals surface area contributed by atoms with E-state index in [-0.39, 0.29) is 0 Å². The second-order valence-corrected chi connectivity index (χ2v) is 4.05. The molecule has 4 nitrogen and oxygen atoms in total. The maximum atomic E-state index is 11.5. The number of primary amides is 1. The highest BCUT2D eigenvalue weighted by atomic mass is 16.5. The summed E-state index contributed by atoms with van der Waals surface area (Å²) in [6.07, 6.45) is 0.524. The van der Waals surface area contributed by atoms with E-state index in [2.05, 4.69) is 5.32 Å². The molecule has 4 heteroatoms. The number of carbonyl (C=O) groups is 1. The van der Waals surface area contributed by atoms with Gasteiger partial charge < -0.3 is 15.8 Å². The molecule has 86 valence electrons. The first-order chi connectivity index (χ1) is 7.73. The van der Waals surface area contributed by atoms with E-state index in [0.29, 0.717) is 19.6 Å². The van der Waals surface area contributed by atoms with Gasteiger partial charge in [0, 0.05) is 19.5 Å². The van der Waals surface area contributed by atoms with Crippen LogP contribution in [0.5, 0.6) is 0 Å². The molecule has 1 heterocycles. The van der Waals surface area contributed by atoms with Gasteiger partial charge in [-0.1, -0.05) is 30.3 Å². The van der Waals surface area contributed by atoms with Gasteiger partial charge in [0.05, 0.1) is 6.61 Å². The van der Waals surface area contributed by atoms with Gasteiger partial charge in [0.25, 0.3) is 5.91 Å². The van der Waals surface area contributed by atoms with Crippen LogP contribution in [0, 0.1) is 0 Å². The Balaban J connectivity index is 2.17. The molecule has 1 fully saturated rings. The van der Waals surface area contributed by atoms with Gasteiger partial charge in [-0.2, -0.15) is 0 Å². The summed E-state index contributed by atoms with van der Waals surface area (Å²) in [5.41, 5.74) is 5.62. The van der Waals surface area contributed by atoms with Crippen LogP contribution in [0.15, 0.2) is 30.3 Å². The van der Waals surface area contributed by atoms with Crippen molar-refractivity contribution in [3.63, 3.8) is 0 Å². The van der Waals surface area contributed by atoms with Crippen LogP contribution in [0.3, 0.4) is 0 Å². The van der Waals surface area contributed by atoms with Crippen LogP contribution in [0.2, 0.25) is 0 Å². The van der Waals surface area contributed by atoms with Crippen LogP contribution in [0.1, 0.15) is 5.56 Å². The van der Waals surface area contributed by atoms with Gasteiger partial charge >= 0.3 is 0 Å². The number of rotatable bonds is 3. The van der Waals surface area contributed by atoms with E-state index in [0.717, 1.165) is 12.1 Å². The Morgan fingerprint density at radius 3 is 2.75 bits per heavy atom. The van der Waals surface area contributed by atoms with Crippen LogP contribution in [0.4, 0.5) is 0 Å². The minimum absolute atomic E-state index is 0.399. The summed E-state index contributed by atoms with van der Waals surface area (Å²) in [7, 11) is 0. The molecule has 0 aliphatic carbocycles. The molecular formula is C12H16N2O2. The predicted molar refractivity (Wildman–Crippen MR) is 60.9 cm³/mol. The highest BCUT2D eigenvalue weighted by Gasteiger charge is 2.39. The quantitative estimate of drug-likeness (QED) is 0.758. The van der Waals surface area contributed by atoms with Crippen LogP contribution in [0.25, 0.3) is 0 Å². The number of carbonyl (C=O) groups excluding carboxylic acids is 1. The second kappa shape index (κ2) is 4.63. The predicted octanol–water partition coefficient (Wildman–Crippen LogP) is 0.0730. The Hall–Kier alpha value is -1.39. The highest BCUT2D eigenvalue weighted by molar-refractivity contribution is 5.84. The third kappa shape index (κ3) is 2.23. The van der Waals surface area contributed by atoms with Crippen molar-refractivity contribution in [3.8, 4) is 0 Å². The minimum atomic E-state index is -0.889. The normalized spacial score (nSPS) is 25.2. The number of nitrogens with one attached hydrogen (secondary N) is 1. The van der Waals surface area contributed by atoms with Crippen LogP contribution >= 0.6 is 0 Å². The first-order valence-corrected chi connectivity index (χ1v) is 5.41. The van der Waals surface area contributed by atoms with Gasteiger partial charge in [-0.15, -0.1) is 0 Å². The van der Waals surface area contributed by atoms with Gasteiger partial charge in [0.2, 0.25) is 0 Å². The second-order valence-electron chi connectivity index (χ2n) is 4.05. The Kier molecular flexibility index (Phi) is 3.22. The lowest BCUT2D eigenvalue weighted by Gasteiger charge is -2.35. The fourth-order valence-electron chi connectivity index (χ4n) is 1.94. The molecule has 2 rings (SSSR count). The zero-order valence-electron chi connectivity index (χ0n) is 9.11. The van der Waals surface area contributed by atoms with Crippen molar-refractivity contribution in [2.24, 2.45) is 5.73 Å². The SMILES string of the molecule is NC(=O)C1(Cc2ccccc2)CNCCO1. The molecule has 1 unspecified atom stereocenters. The summed E-state index contributed by atoms with van der Waals surface area (Å²) in [5, 5.41) is 3.15. The molecule has 1 aromatic carbocycles. The third-order valence-electron chi connectivity index (χ3n) is 2.85. The first kappa shape index (κ1) is 11.1. The number of hydrogen-bond acceptors (Lipinski definition) is 3. The van der Waals surface area contributed by atoms with Gasteiger partial charge in [0.15, 0.2) is 5.60 Å². The van der Waals surface area contributed by atoms with Gasteiger partial charge in [-0.05, 0) is 5.56 Å². The van der Waals surface area contributed by atoms with E-state index in [9.17, 15) is 4.79 Å². The molecule has 0 aromatic heterocycles. The summed E-state index contributed by atoms with van der Waals surface area (Å²) in [6.45, 7) is 1.77. The molecule has 1 aliphatic rings. The summed E-state index contributed by atoms with van der Waals surface area (Å²) in [4.78, 5) is 11.5. The molecule has 3 N–H and O–H groups in total. The fraction of sp³-hybridized carbons (Fsp3) is 0.417. The van der Waals surface area contributed by atoms with E-state index < -0.39 is 11.5 Å². The highest BCUT2D eigenvalue weighted by Crippen LogP contribution is 2.19. The Bertz CT molecular complexity index is 359. The van der Waals surface area contributed by atoms with E-state index in [1.165, 1.54) is 0 Å². The van der Waals surface area contributed by atoms with Crippen LogP contribution in [-0.2, 0) is 16.0 Å². The van der Waals surface area contributed by atoms with Crippen molar-refractivity contribution in [1.29, 1.82) is 0 Å². The molecule has 0 saturated carbocycles. The minimum Gasteiger partial charge on any atom is -0.367 e. The van der Waals surface area contributed by atoms with Crippen LogP contribution < -0.4 is 11.1 Å². The summed E-state index contributed by atoms with van der Waals surface area (Å²) >= 11 is 0. The average Bonchev–Trinajstić information content (AvgIpc) is 2.31. The lowest BCUT2D eigenvalue weighted by atomic mass is 9.92. The molecule has 16 heavy (non-hydrogen) atoms. The smallest absolute Gasteiger partial charge is 0.251 e. The lowest BCUT2D eigenvalue weighted by Crippen LogP contribution is -2.59. The maximum Gasteiger partial charge on any atom is 0.251 e. The monoisotopic (exact) mass is 220 g/mol. The Labute approximate surface area is 94.8 Å². The van der Waals surface area contributed by atoms with Gasteiger partial charge in [-0.25, -0.2) is 0 Å². The fourth-order valence-corrected chi connectivity index (χ4v) is 1.94. The topological polar surface area (TPSA) is 64.4 Å². The first-order valence-electron chi connectivity index (χ1n) is 5.41. The van der Waals surface area contributed by atoms with Crippen molar-refractivity contribution >= 4 is 5.91 Å². The molecule has 1 amide bonds. The van der Waals surface area contributed by atoms with E-state index in [4.69, 9.17) is 10.5 Å². The Morgan fingerprint density at radius 1 is 1.44 bits per heavy atom. The number of ether oxygens (including phenoxy) is 1. The standard InChI is InChI=1S/C12H16N2O2/c13-11(15)12(9-14-6-7-16-12)8-10-4-2-1-3-5-10/h1-5,14H,6-9H2,(H2,13,15).